The van der Waals surface area contributed by atoms with Crippen molar-refractivity contribution in [1.29, 1.82) is 0 Å². The fraction of sp³-hybridized carbons (Fsp3) is 0.115. The van der Waals surface area contributed by atoms with E-state index in [1.165, 1.54) is 0 Å². The number of anilines is 1. The Hall–Kier alpha value is -3.91. The molecule has 0 aliphatic carbocycles. The summed E-state index contributed by atoms with van der Waals surface area (Å²) in [4.78, 5) is 14.7. The molecular weight excluding hydrogens is 496 g/mol. The smallest absolute Gasteiger partial charge is 0.259 e. The first-order valence-corrected chi connectivity index (χ1v) is 11.5. The first-order valence-electron chi connectivity index (χ1n) is 10.7. The Morgan fingerprint density at radius 2 is 1.76 bits per heavy atom. The van der Waals surface area contributed by atoms with Crippen LogP contribution >= 0.6 is 15.9 Å². The lowest BCUT2D eigenvalue weighted by atomic mass is 10.1. The number of carbonyl (C=O) groups is 1. The summed E-state index contributed by atoms with van der Waals surface area (Å²) in [6, 6.07) is 22.6. The Bertz CT molecular complexity index is 1510. The summed E-state index contributed by atoms with van der Waals surface area (Å²) in [7, 11) is 1.55. The minimum atomic E-state index is -0.276. The van der Waals surface area contributed by atoms with E-state index in [2.05, 4.69) is 31.4 Å². The lowest BCUT2D eigenvalue weighted by molar-refractivity contribution is 0.102. The van der Waals surface area contributed by atoms with E-state index in [0.717, 1.165) is 32.2 Å². The predicted molar refractivity (Wildman–Crippen MR) is 136 cm³/mol. The Morgan fingerprint density at radius 3 is 2.53 bits per heavy atom. The van der Waals surface area contributed by atoms with Crippen LogP contribution in [0.15, 0.2) is 77.3 Å². The molecular formula is C26H21BrN4O3. The van der Waals surface area contributed by atoms with Gasteiger partial charge in [-0.15, -0.1) is 10.2 Å². The molecule has 1 amide bonds. The third-order valence-corrected chi connectivity index (χ3v) is 6.19. The van der Waals surface area contributed by atoms with Crippen LogP contribution in [0.3, 0.4) is 0 Å². The van der Waals surface area contributed by atoms with Crippen LogP contribution in [0.4, 0.5) is 5.69 Å². The van der Waals surface area contributed by atoms with Crippen LogP contribution in [0, 0.1) is 0 Å². The molecule has 0 radical (unpaired) electrons. The number of rotatable bonds is 6. The Labute approximate surface area is 204 Å². The van der Waals surface area contributed by atoms with Crippen molar-refractivity contribution in [2.45, 2.75) is 6.92 Å². The summed E-state index contributed by atoms with van der Waals surface area (Å²) in [5.74, 6) is 1.00. The highest BCUT2D eigenvalue weighted by Gasteiger charge is 2.18. The first-order chi connectivity index (χ1) is 16.6. The van der Waals surface area contributed by atoms with Gasteiger partial charge in [-0.25, -0.2) is 0 Å². The van der Waals surface area contributed by atoms with Gasteiger partial charge in [-0.2, -0.15) is 4.80 Å². The zero-order chi connectivity index (χ0) is 23.7. The standard InChI is InChI=1S/C26H21BrN4O3/c1-3-34-19-11-9-18(10-12-19)31-29-22-13-8-17(15-23(22)30-31)28-26(32)21-14-16-6-4-5-7-20(16)24(27)25(21)33-2/h4-15H,3H2,1-2H3,(H,28,32). The second-order valence-corrected chi connectivity index (χ2v) is 8.36. The predicted octanol–water partition coefficient (Wildman–Crippen LogP) is 6.00. The fourth-order valence-corrected chi connectivity index (χ4v) is 4.54. The van der Waals surface area contributed by atoms with Gasteiger partial charge in [-0.05, 0) is 82.2 Å². The molecule has 0 aliphatic heterocycles. The third-order valence-electron chi connectivity index (χ3n) is 5.41. The molecule has 0 saturated carbocycles. The van der Waals surface area contributed by atoms with Gasteiger partial charge in [-0.1, -0.05) is 24.3 Å². The number of carbonyl (C=O) groups excluding carboxylic acids is 1. The highest BCUT2D eigenvalue weighted by molar-refractivity contribution is 9.10. The molecule has 0 spiro atoms. The summed E-state index contributed by atoms with van der Waals surface area (Å²) in [5.41, 5.74) is 3.25. The monoisotopic (exact) mass is 516 g/mol. The molecule has 1 N–H and O–H groups in total. The molecule has 7 nitrogen and oxygen atoms in total. The highest BCUT2D eigenvalue weighted by Crippen LogP contribution is 2.37. The van der Waals surface area contributed by atoms with Gasteiger partial charge in [0.05, 0.1) is 29.4 Å². The van der Waals surface area contributed by atoms with E-state index in [4.69, 9.17) is 9.47 Å². The van der Waals surface area contributed by atoms with Crippen molar-refractivity contribution in [3.8, 4) is 17.2 Å². The maximum Gasteiger partial charge on any atom is 0.259 e. The molecule has 0 unspecified atom stereocenters. The van der Waals surface area contributed by atoms with E-state index in [1.807, 2.05) is 67.6 Å². The second-order valence-electron chi connectivity index (χ2n) is 7.57. The normalized spacial score (nSPS) is 11.0. The highest BCUT2D eigenvalue weighted by atomic mass is 79.9. The van der Waals surface area contributed by atoms with Crippen molar-refractivity contribution in [1.82, 2.24) is 15.0 Å². The molecule has 1 heterocycles. The van der Waals surface area contributed by atoms with E-state index >= 15 is 0 Å². The van der Waals surface area contributed by atoms with Gasteiger partial charge in [-0.3, -0.25) is 4.79 Å². The molecule has 0 fully saturated rings. The molecule has 0 atom stereocenters. The zero-order valence-electron chi connectivity index (χ0n) is 18.6. The lowest BCUT2D eigenvalue weighted by Gasteiger charge is -2.13. The van der Waals surface area contributed by atoms with Crippen LogP contribution in [-0.2, 0) is 0 Å². The van der Waals surface area contributed by atoms with Crippen LogP contribution < -0.4 is 14.8 Å². The van der Waals surface area contributed by atoms with Crippen molar-refractivity contribution in [3.05, 3.63) is 82.8 Å². The third kappa shape index (κ3) is 4.08. The molecule has 0 bridgehead atoms. The Kier molecular flexibility index (Phi) is 5.90. The molecule has 5 rings (SSSR count). The van der Waals surface area contributed by atoms with E-state index in [-0.39, 0.29) is 5.91 Å². The molecule has 34 heavy (non-hydrogen) atoms. The summed E-state index contributed by atoms with van der Waals surface area (Å²) >= 11 is 3.58. The topological polar surface area (TPSA) is 78.3 Å². The number of aromatic nitrogens is 3. The first kappa shape index (κ1) is 21.9. The van der Waals surface area contributed by atoms with Gasteiger partial charge in [0.15, 0.2) is 0 Å². The number of fused-ring (bicyclic) bond motifs is 2. The maximum atomic E-state index is 13.2. The number of ether oxygens (including phenoxy) is 2. The minimum Gasteiger partial charge on any atom is -0.495 e. The average Bonchev–Trinajstić information content (AvgIpc) is 3.28. The maximum absolute atomic E-state index is 13.2. The number of hydrogen-bond donors (Lipinski definition) is 1. The van der Waals surface area contributed by atoms with Crippen molar-refractivity contribution >= 4 is 49.3 Å². The van der Waals surface area contributed by atoms with Crippen molar-refractivity contribution in [3.63, 3.8) is 0 Å². The van der Waals surface area contributed by atoms with Crippen LogP contribution in [0.1, 0.15) is 17.3 Å². The van der Waals surface area contributed by atoms with Crippen LogP contribution in [0.25, 0.3) is 27.5 Å². The molecule has 0 saturated heterocycles. The van der Waals surface area contributed by atoms with Gasteiger partial charge < -0.3 is 14.8 Å². The summed E-state index contributed by atoms with van der Waals surface area (Å²) < 4.78 is 11.8. The van der Waals surface area contributed by atoms with Crippen LogP contribution in [0.5, 0.6) is 11.5 Å². The number of methoxy groups -OCH3 is 1. The molecule has 1 aromatic heterocycles. The lowest BCUT2D eigenvalue weighted by Crippen LogP contribution is -2.13. The number of nitrogens with one attached hydrogen (secondary N) is 1. The van der Waals surface area contributed by atoms with Crippen LogP contribution in [-0.4, -0.2) is 34.6 Å². The van der Waals surface area contributed by atoms with Gasteiger partial charge >= 0.3 is 0 Å². The zero-order valence-corrected chi connectivity index (χ0v) is 20.2. The minimum absolute atomic E-state index is 0.276. The van der Waals surface area contributed by atoms with Crippen LogP contribution in [0.2, 0.25) is 0 Å². The molecule has 8 heteroatoms. The fourth-order valence-electron chi connectivity index (χ4n) is 3.80. The summed E-state index contributed by atoms with van der Waals surface area (Å²) in [5, 5.41) is 14.0. The second kappa shape index (κ2) is 9.15. The molecule has 4 aromatic carbocycles. The molecule has 5 aromatic rings. The van der Waals surface area contributed by atoms with Gasteiger partial charge in [0.1, 0.15) is 22.5 Å². The Balaban J connectivity index is 1.43. The van der Waals surface area contributed by atoms with Gasteiger partial charge in [0.2, 0.25) is 0 Å². The van der Waals surface area contributed by atoms with Gasteiger partial charge in [0, 0.05) is 5.69 Å². The van der Waals surface area contributed by atoms with Gasteiger partial charge in [0.25, 0.3) is 5.91 Å². The van der Waals surface area contributed by atoms with Crippen molar-refractivity contribution in [2.75, 3.05) is 19.0 Å². The van der Waals surface area contributed by atoms with E-state index < -0.39 is 0 Å². The summed E-state index contributed by atoms with van der Waals surface area (Å²) in [6.45, 7) is 2.56. The molecule has 0 aliphatic rings. The van der Waals surface area contributed by atoms with Crippen molar-refractivity contribution < 1.29 is 14.3 Å². The van der Waals surface area contributed by atoms with E-state index in [1.54, 1.807) is 24.0 Å². The number of hydrogen-bond acceptors (Lipinski definition) is 5. The average molecular weight is 517 g/mol. The Morgan fingerprint density at radius 1 is 1.00 bits per heavy atom. The largest absolute Gasteiger partial charge is 0.495 e. The SMILES string of the molecule is CCOc1ccc(-n2nc3ccc(NC(=O)c4cc5ccccc5c(Br)c4OC)cc3n2)cc1. The molecule has 170 valence electrons. The summed E-state index contributed by atoms with van der Waals surface area (Å²) in [6.07, 6.45) is 0. The number of amides is 1. The van der Waals surface area contributed by atoms with E-state index in [9.17, 15) is 4.79 Å². The van der Waals surface area contributed by atoms with E-state index in [0.29, 0.717) is 29.1 Å². The number of nitrogens with zero attached hydrogens (tertiary/aromatic N) is 3. The quantitative estimate of drug-likeness (QED) is 0.299. The number of benzene rings is 4. The number of halogens is 1. The van der Waals surface area contributed by atoms with Crippen molar-refractivity contribution in [2.24, 2.45) is 0 Å².